The van der Waals surface area contributed by atoms with Gasteiger partial charge in [0, 0.05) is 18.1 Å². The molecule has 0 radical (unpaired) electrons. The van der Waals surface area contributed by atoms with Gasteiger partial charge in [-0.25, -0.2) is 4.98 Å². The average molecular weight is 271 g/mol. The van der Waals surface area contributed by atoms with Crippen LogP contribution in [0.2, 0.25) is 0 Å². The Balaban J connectivity index is 1.80. The first kappa shape index (κ1) is 12.2. The van der Waals surface area contributed by atoms with Crippen molar-refractivity contribution < 1.29 is 4.79 Å². The number of nitrogens with zero attached hydrogens (tertiary/aromatic N) is 4. The highest BCUT2D eigenvalue weighted by Crippen LogP contribution is 2.18. The van der Waals surface area contributed by atoms with E-state index in [1.807, 2.05) is 0 Å². The quantitative estimate of drug-likeness (QED) is 0.589. The minimum atomic E-state index is -0.297. The van der Waals surface area contributed by atoms with E-state index < -0.39 is 0 Å². The molecule has 0 atom stereocenters. The summed E-state index contributed by atoms with van der Waals surface area (Å²) in [6.07, 6.45) is 1.58. The predicted molar refractivity (Wildman–Crippen MR) is 72.7 cm³/mol. The molecule has 4 N–H and O–H groups in total. The molecule has 3 rings (SSSR count). The fourth-order valence-corrected chi connectivity index (χ4v) is 1.91. The van der Waals surface area contributed by atoms with Crippen molar-refractivity contribution in [3.05, 3.63) is 36.0 Å². The number of anilines is 1. The molecule has 0 spiro atoms. The zero-order valence-corrected chi connectivity index (χ0v) is 10.8. The number of benzene rings is 1. The molecule has 8 nitrogen and oxygen atoms in total. The second kappa shape index (κ2) is 4.65. The summed E-state index contributed by atoms with van der Waals surface area (Å²) in [5.74, 6) is 0.245. The molecule has 0 unspecified atom stereocenters. The normalized spacial score (nSPS) is 10.8. The molecule has 8 heteroatoms. The third kappa shape index (κ3) is 2.18. The number of amides is 1. The Morgan fingerprint density at radius 2 is 2.35 bits per heavy atom. The minimum Gasteiger partial charge on any atom is -0.399 e. The molecule has 102 valence electrons. The molecule has 0 fully saturated rings. The molecule has 0 aliphatic heterocycles. The highest BCUT2D eigenvalue weighted by atomic mass is 16.1. The van der Waals surface area contributed by atoms with Gasteiger partial charge in [0.25, 0.3) is 5.91 Å². The Bertz CT molecular complexity index is 773. The Morgan fingerprint density at radius 1 is 1.50 bits per heavy atom. The second-order valence-electron chi connectivity index (χ2n) is 4.39. The number of fused-ring (bicyclic) bond motifs is 1. The van der Waals surface area contributed by atoms with Crippen LogP contribution in [0.4, 0.5) is 5.69 Å². The van der Waals surface area contributed by atoms with Crippen molar-refractivity contribution >= 4 is 22.5 Å². The smallest absolute Gasteiger partial charge is 0.272 e. The van der Waals surface area contributed by atoms with Crippen molar-refractivity contribution in [2.45, 2.75) is 6.54 Å². The number of carbonyl (C=O) groups is 1. The molecule has 3 aromatic rings. The number of aromatic amines is 1. The standard InChI is InChI=1S/C12H13N7O/c1-19-6-15-10(18-19)5-14-12(20)11-8-4-7(13)2-3-9(8)16-17-11/h2-4,6H,5,13H2,1H3,(H,14,20)(H,16,17). The summed E-state index contributed by atoms with van der Waals surface area (Å²) in [4.78, 5) is 16.1. The number of nitrogen functional groups attached to an aromatic ring is 1. The molecule has 0 saturated carbocycles. The first-order chi connectivity index (χ1) is 9.63. The molecule has 2 aromatic heterocycles. The fraction of sp³-hybridized carbons (Fsp3) is 0.167. The Kier molecular flexibility index (Phi) is 2.82. The number of carbonyl (C=O) groups excluding carboxylic acids is 1. The van der Waals surface area contributed by atoms with E-state index in [2.05, 4.69) is 25.6 Å². The van der Waals surface area contributed by atoms with Crippen LogP contribution in [0.15, 0.2) is 24.5 Å². The van der Waals surface area contributed by atoms with Crippen LogP contribution < -0.4 is 11.1 Å². The predicted octanol–water partition coefficient (Wildman–Crippen LogP) is 0.204. The lowest BCUT2D eigenvalue weighted by atomic mass is 10.2. The molecule has 0 saturated heterocycles. The van der Waals surface area contributed by atoms with Crippen LogP contribution in [-0.4, -0.2) is 30.9 Å². The van der Waals surface area contributed by atoms with Gasteiger partial charge in [-0.15, -0.1) is 0 Å². The number of rotatable bonds is 3. The van der Waals surface area contributed by atoms with Crippen molar-refractivity contribution in [1.29, 1.82) is 0 Å². The molecule has 1 aromatic carbocycles. The summed E-state index contributed by atoms with van der Waals surface area (Å²) < 4.78 is 1.58. The molecule has 2 heterocycles. The van der Waals surface area contributed by atoms with Crippen LogP contribution in [-0.2, 0) is 13.6 Å². The summed E-state index contributed by atoms with van der Waals surface area (Å²) >= 11 is 0. The van der Waals surface area contributed by atoms with E-state index in [4.69, 9.17) is 5.73 Å². The monoisotopic (exact) mass is 271 g/mol. The highest BCUT2D eigenvalue weighted by molar-refractivity contribution is 6.05. The van der Waals surface area contributed by atoms with E-state index in [9.17, 15) is 4.79 Å². The Morgan fingerprint density at radius 3 is 3.10 bits per heavy atom. The average Bonchev–Trinajstić information content (AvgIpc) is 3.02. The molecule has 1 amide bonds. The fourth-order valence-electron chi connectivity index (χ4n) is 1.91. The van der Waals surface area contributed by atoms with E-state index in [-0.39, 0.29) is 12.5 Å². The van der Waals surface area contributed by atoms with Gasteiger partial charge < -0.3 is 11.1 Å². The van der Waals surface area contributed by atoms with Crippen LogP contribution >= 0.6 is 0 Å². The van der Waals surface area contributed by atoms with Crippen molar-refractivity contribution in [1.82, 2.24) is 30.3 Å². The topological polar surface area (TPSA) is 115 Å². The van der Waals surface area contributed by atoms with E-state index >= 15 is 0 Å². The summed E-state index contributed by atoms with van der Waals surface area (Å²) in [6, 6.07) is 5.25. The molecule has 0 aliphatic carbocycles. The summed E-state index contributed by atoms with van der Waals surface area (Å²) in [6.45, 7) is 0.246. The van der Waals surface area contributed by atoms with Gasteiger partial charge in [-0.2, -0.15) is 10.2 Å². The maximum Gasteiger partial charge on any atom is 0.272 e. The van der Waals surface area contributed by atoms with Gasteiger partial charge in [0.2, 0.25) is 0 Å². The minimum absolute atomic E-state index is 0.246. The summed E-state index contributed by atoms with van der Waals surface area (Å²) in [5, 5.41) is 14.3. The van der Waals surface area contributed by atoms with Crippen LogP contribution in [0.5, 0.6) is 0 Å². The van der Waals surface area contributed by atoms with Crippen molar-refractivity contribution in [2.75, 3.05) is 5.73 Å². The van der Waals surface area contributed by atoms with Crippen LogP contribution in [0.1, 0.15) is 16.3 Å². The number of aryl methyl sites for hydroxylation is 1. The van der Waals surface area contributed by atoms with E-state index in [0.29, 0.717) is 22.6 Å². The second-order valence-corrected chi connectivity index (χ2v) is 4.39. The highest BCUT2D eigenvalue weighted by Gasteiger charge is 2.14. The maximum absolute atomic E-state index is 12.1. The van der Waals surface area contributed by atoms with Crippen molar-refractivity contribution in [2.24, 2.45) is 7.05 Å². The lowest BCUT2D eigenvalue weighted by Crippen LogP contribution is -2.24. The number of nitrogens with one attached hydrogen (secondary N) is 2. The van der Waals surface area contributed by atoms with Gasteiger partial charge in [-0.3, -0.25) is 14.6 Å². The summed E-state index contributed by atoms with van der Waals surface area (Å²) in [5.41, 5.74) is 7.38. The van der Waals surface area contributed by atoms with Gasteiger partial charge >= 0.3 is 0 Å². The van der Waals surface area contributed by atoms with Gasteiger partial charge in [-0.05, 0) is 18.2 Å². The van der Waals surface area contributed by atoms with Crippen LogP contribution in [0.25, 0.3) is 10.9 Å². The van der Waals surface area contributed by atoms with E-state index in [0.717, 1.165) is 5.52 Å². The molecule has 20 heavy (non-hydrogen) atoms. The molecular formula is C12H13N7O. The zero-order chi connectivity index (χ0) is 14.1. The van der Waals surface area contributed by atoms with Crippen LogP contribution in [0.3, 0.4) is 0 Å². The Labute approximate surface area is 114 Å². The molecule has 0 bridgehead atoms. The molecular weight excluding hydrogens is 258 g/mol. The van der Waals surface area contributed by atoms with Gasteiger partial charge in [0.05, 0.1) is 12.1 Å². The van der Waals surface area contributed by atoms with Gasteiger partial charge in [0.1, 0.15) is 6.33 Å². The van der Waals surface area contributed by atoms with Crippen molar-refractivity contribution in [3.8, 4) is 0 Å². The first-order valence-electron chi connectivity index (χ1n) is 6.00. The number of aromatic nitrogens is 5. The Hall–Kier alpha value is -2.90. The van der Waals surface area contributed by atoms with E-state index in [1.54, 1.807) is 36.3 Å². The number of H-pyrrole nitrogens is 1. The number of nitrogens with two attached hydrogens (primary N) is 1. The van der Waals surface area contributed by atoms with E-state index in [1.165, 1.54) is 0 Å². The third-order valence-corrected chi connectivity index (χ3v) is 2.86. The van der Waals surface area contributed by atoms with Crippen molar-refractivity contribution in [3.63, 3.8) is 0 Å². The van der Waals surface area contributed by atoms with Gasteiger partial charge in [-0.1, -0.05) is 0 Å². The number of hydrogen-bond acceptors (Lipinski definition) is 5. The maximum atomic E-state index is 12.1. The first-order valence-corrected chi connectivity index (χ1v) is 6.00. The largest absolute Gasteiger partial charge is 0.399 e. The SMILES string of the molecule is Cn1cnc(CNC(=O)c2n[nH]c3ccc(N)cc23)n1. The van der Waals surface area contributed by atoms with Gasteiger partial charge in [0.15, 0.2) is 11.5 Å². The third-order valence-electron chi connectivity index (χ3n) is 2.86. The number of hydrogen-bond donors (Lipinski definition) is 3. The molecule has 0 aliphatic rings. The zero-order valence-electron chi connectivity index (χ0n) is 10.8. The van der Waals surface area contributed by atoms with Crippen LogP contribution in [0, 0.1) is 0 Å². The lowest BCUT2D eigenvalue weighted by molar-refractivity contribution is 0.0946. The lowest BCUT2D eigenvalue weighted by Gasteiger charge is -2.00. The summed E-state index contributed by atoms with van der Waals surface area (Å²) in [7, 11) is 1.77.